The van der Waals surface area contributed by atoms with E-state index in [4.69, 9.17) is 5.11 Å². The van der Waals surface area contributed by atoms with Crippen LogP contribution in [0, 0.1) is 6.07 Å². The predicted molar refractivity (Wildman–Crippen MR) is 91.0 cm³/mol. The minimum Gasteiger partial charge on any atom is -0.512 e. The van der Waals surface area contributed by atoms with E-state index in [1.54, 1.807) is 11.3 Å². The second-order valence-electron chi connectivity index (χ2n) is 4.66. The van der Waals surface area contributed by atoms with Gasteiger partial charge in [-0.25, -0.2) is 11.3 Å². The van der Waals surface area contributed by atoms with E-state index in [0.717, 1.165) is 10.6 Å². The Morgan fingerprint density at radius 2 is 1.87 bits per heavy atom. The molecule has 0 atom stereocenters. The zero-order valence-corrected chi connectivity index (χ0v) is 16.0. The maximum atomic E-state index is 10.0. The van der Waals surface area contributed by atoms with Crippen molar-refractivity contribution in [3.05, 3.63) is 66.6 Å². The number of benzene rings is 1. The molecule has 0 bridgehead atoms. The van der Waals surface area contributed by atoms with Crippen molar-refractivity contribution in [1.29, 1.82) is 0 Å². The van der Waals surface area contributed by atoms with Gasteiger partial charge >= 0.3 is 0 Å². The number of aliphatic hydroxyl groups excluding tert-OH is 1. The largest absolute Gasteiger partial charge is 0.512 e. The normalized spacial score (nSPS) is 10.4. The van der Waals surface area contributed by atoms with Crippen molar-refractivity contribution < 1.29 is 30.0 Å². The average Bonchev–Trinajstić information content (AvgIpc) is 2.91. The molecule has 0 aliphatic rings. The van der Waals surface area contributed by atoms with Crippen LogP contribution in [0.25, 0.3) is 20.7 Å². The van der Waals surface area contributed by atoms with Crippen LogP contribution in [-0.2, 0) is 24.9 Å². The fourth-order valence-electron chi connectivity index (χ4n) is 1.82. The van der Waals surface area contributed by atoms with Crippen molar-refractivity contribution in [2.45, 2.75) is 13.8 Å². The quantitative estimate of drug-likeness (QED) is 0.311. The van der Waals surface area contributed by atoms with Crippen LogP contribution >= 0.6 is 11.3 Å². The van der Waals surface area contributed by atoms with Crippen LogP contribution < -0.4 is 0 Å². The number of hydrogen-bond donors (Lipinski definition) is 1. The fourth-order valence-corrected chi connectivity index (χ4v) is 2.81. The molecule has 3 rings (SSSR count). The molecule has 2 heterocycles. The molecule has 3 aromatic rings. The van der Waals surface area contributed by atoms with Gasteiger partial charge in [0.25, 0.3) is 0 Å². The predicted octanol–water partition coefficient (Wildman–Crippen LogP) is 4.80. The summed E-state index contributed by atoms with van der Waals surface area (Å²) in [5, 5.41) is 9.53. The number of carbonyl (C=O) groups excluding carboxylic acids is 1. The SMILES string of the molecule is CC(=O)C=C(C)O.[Ir].[c-]1c(-c2ccccn2)sc2ccccc12. The van der Waals surface area contributed by atoms with Gasteiger partial charge in [0.1, 0.15) is 0 Å². The molecular weight excluding hydrogens is 486 g/mol. The number of nitrogens with zero attached hydrogens (tertiary/aromatic N) is 1. The molecule has 121 valence electrons. The van der Waals surface area contributed by atoms with Gasteiger partial charge in [-0.15, -0.1) is 23.6 Å². The Labute approximate surface area is 153 Å². The first-order valence-corrected chi connectivity index (χ1v) is 7.58. The molecule has 0 fully saturated rings. The smallest absolute Gasteiger partial charge is 0.155 e. The maximum absolute atomic E-state index is 10.0. The van der Waals surface area contributed by atoms with Gasteiger partial charge in [-0.2, -0.15) is 0 Å². The summed E-state index contributed by atoms with van der Waals surface area (Å²) >= 11 is 1.73. The van der Waals surface area contributed by atoms with Gasteiger partial charge in [0.2, 0.25) is 0 Å². The third kappa shape index (κ3) is 6.06. The monoisotopic (exact) mass is 503 g/mol. The zero-order chi connectivity index (χ0) is 15.9. The van der Waals surface area contributed by atoms with Crippen LogP contribution in [0.4, 0.5) is 0 Å². The minimum atomic E-state index is -0.125. The van der Waals surface area contributed by atoms with Crippen molar-refractivity contribution in [3.63, 3.8) is 0 Å². The van der Waals surface area contributed by atoms with Gasteiger partial charge < -0.3 is 10.1 Å². The molecule has 3 nitrogen and oxygen atoms in total. The molecule has 0 aliphatic carbocycles. The van der Waals surface area contributed by atoms with E-state index in [9.17, 15) is 4.79 Å². The molecule has 0 amide bonds. The first-order valence-electron chi connectivity index (χ1n) is 6.76. The first-order chi connectivity index (χ1) is 10.6. The number of carbonyl (C=O) groups is 1. The summed E-state index contributed by atoms with van der Waals surface area (Å²) in [6.45, 7) is 2.85. The van der Waals surface area contributed by atoms with Gasteiger partial charge in [-0.1, -0.05) is 24.3 Å². The Hall–Kier alpha value is -1.81. The number of fused-ring (bicyclic) bond motifs is 1. The van der Waals surface area contributed by atoms with Crippen molar-refractivity contribution in [1.82, 2.24) is 4.98 Å². The van der Waals surface area contributed by atoms with E-state index in [0.29, 0.717) is 0 Å². The number of rotatable bonds is 2. The molecule has 1 radical (unpaired) electrons. The Balaban J connectivity index is 0.000000287. The number of aromatic nitrogens is 1. The summed E-state index contributed by atoms with van der Waals surface area (Å²) in [5.74, 6) is -0.0625. The van der Waals surface area contributed by atoms with Crippen molar-refractivity contribution in [2.24, 2.45) is 0 Å². The van der Waals surface area contributed by atoms with Crippen LogP contribution in [0.1, 0.15) is 13.8 Å². The van der Waals surface area contributed by atoms with E-state index >= 15 is 0 Å². The Morgan fingerprint density at radius 3 is 2.39 bits per heavy atom. The van der Waals surface area contributed by atoms with Gasteiger partial charge in [-0.3, -0.25) is 4.79 Å². The molecule has 0 unspecified atom stereocenters. The Kier molecular flexibility index (Phi) is 7.82. The van der Waals surface area contributed by atoms with Crippen LogP contribution in [-0.4, -0.2) is 15.9 Å². The third-order valence-corrected chi connectivity index (χ3v) is 3.75. The topological polar surface area (TPSA) is 50.2 Å². The van der Waals surface area contributed by atoms with Crippen molar-refractivity contribution in [2.75, 3.05) is 0 Å². The minimum absolute atomic E-state index is 0. The molecule has 0 aliphatic heterocycles. The van der Waals surface area contributed by atoms with Crippen molar-refractivity contribution in [3.8, 4) is 10.6 Å². The van der Waals surface area contributed by atoms with Crippen LogP contribution in [0.2, 0.25) is 0 Å². The summed E-state index contributed by atoms with van der Waals surface area (Å²) in [6.07, 6.45) is 2.98. The number of thiophene rings is 1. The summed E-state index contributed by atoms with van der Waals surface area (Å²) in [5.41, 5.74) is 0.999. The van der Waals surface area contributed by atoms with E-state index in [2.05, 4.69) is 29.2 Å². The van der Waals surface area contributed by atoms with Crippen LogP contribution in [0.15, 0.2) is 60.5 Å². The van der Waals surface area contributed by atoms with Gasteiger partial charge in [0.15, 0.2) is 5.78 Å². The summed E-state index contributed by atoms with van der Waals surface area (Å²) in [6, 6.07) is 17.6. The molecule has 1 N–H and O–H groups in total. The van der Waals surface area contributed by atoms with Crippen LogP contribution in [0.3, 0.4) is 0 Å². The maximum Gasteiger partial charge on any atom is 0.155 e. The number of pyridine rings is 1. The molecule has 0 spiro atoms. The van der Waals surface area contributed by atoms with Crippen molar-refractivity contribution >= 4 is 27.2 Å². The van der Waals surface area contributed by atoms with Crippen LogP contribution in [0.5, 0.6) is 0 Å². The van der Waals surface area contributed by atoms with E-state index in [1.165, 1.54) is 30.0 Å². The van der Waals surface area contributed by atoms with Gasteiger partial charge in [-0.05, 0) is 29.5 Å². The number of allylic oxidation sites excluding steroid dienone is 2. The number of aliphatic hydroxyl groups is 1. The second kappa shape index (κ2) is 9.36. The average molecular weight is 503 g/mol. The van der Waals surface area contributed by atoms with Gasteiger partial charge in [0.05, 0.1) is 5.76 Å². The number of ketones is 1. The third-order valence-electron chi connectivity index (χ3n) is 2.66. The van der Waals surface area contributed by atoms with E-state index in [-0.39, 0.29) is 31.6 Å². The van der Waals surface area contributed by atoms with Gasteiger partial charge in [0, 0.05) is 38.1 Å². The molecule has 1 aromatic carbocycles. The molecule has 5 heteroatoms. The van der Waals surface area contributed by atoms with E-state index < -0.39 is 0 Å². The summed E-state index contributed by atoms with van der Waals surface area (Å²) in [4.78, 5) is 15.4. The Morgan fingerprint density at radius 1 is 1.17 bits per heavy atom. The number of hydrogen-bond acceptors (Lipinski definition) is 4. The molecule has 23 heavy (non-hydrogen) atoms. The molecule has 0 saturated carbocycles. The standard InChI is InChI=1S/C13H8NS.C5H8O2.Ir/c1-2-7-12-10(5-1)9-13(15-12)11-6-3-4-8-14-11;1-4(6)3-5(2)7;/h1-8H;3,6H,1-2H3;/q-1;;. The molecule has 2 aromatic heterocycles. The molecular formula is C18H16IrNO2S-. The fraction of sp³-hybridized carbons (Fsp3) is 0.111. The zero-order valence-electron chi connectivity index (χ0n) is 12.7. The first kappa shape index (κ1) is 19.2. The van der Waals surface area contributed by atoms with E-state index in [1.807, 2.05) is 30.5 Å². The molecule has 0 saturated heterocycles. The Bertz CT molecular complexity index is 760. The summed E-state index contributed by atoms with van der Waals surface area (Å²) < 4.78 is 1.26. The second-order valence-corrected chi connectivity index (χ2v) is 5.72. The summed E-state index contributed by atoms with van der Waals surface area (Å²) in [7, 11) is 0.